The summed E-state index contributed by atoms with van der Waals surface area (Å²) >= 11 is 7.64. The van der Waals surface area contributed by atoms with Gasteiger partial charge in [0.05, 0.1) is 23.2 Å². The smallest absolute Gasteiger partial charge is 0.338 e. The molecule has 1 amide bonds. The van der Waals surface area contributed by atoms with Crippen molar-refractivity contribution in [1.29, 1.82) is 0 Å². The zero-order valence-corrected chi connectivity index (χ0v) is 19.9. The largest absolute Gasteiger partial charge is 0.489 e. The lowest BCUT2D eigenvalue weighted by Gasteiger charge is -2.11. The average molecular weight is 493 g/mol. The number of amides is 1. The topological polar surface area (TPSA) is 77.5 Å². The summed E-state index contributed by atoms with van der Waals surface area (Å²) in [6.07, 6.45) is 0.490. The highest BCUT2D eigenvalue weighted by Crippen LogP contribution is 2.28. The van der Waals surface area contributed by atoms with Gasteiger partial charge in [-0.25, -0.2) is 9.78 Å². The average Bonchev–Trinajstić information content (AvgIpc) is 3.30. The molecule has 0 aliphatic rings. The van der Waals surface area contributed by atoms with Crippen molar-refractivity contribution >= 4 is 40.6 Å². The highest BCUT2D eigenvalue weighted by Gasteiger charge is 2.18. The number of hydrogen-bond acceptors (Lipinski definition) is 6. The first-order valence-corrected chi connectivity index (χ1v) is 11.7. The van der Waals surface area contributed by atoms with Crippen molar-refractivity contribution in [2.24, 2.45) is 0 Å². The van der Waals surface area contributed by atoms with Gasteiger partial charge < -0.3 is 14.8 Å². The van der Waals surface area contributed by atoms with Gasteiger partial charge in [-0.2, -0.15) is 0 Å². The van der Waals surface area contributed by atoms with Gasteiger partial charge in [-0.3, -0.25) is 4.79 Å². The lowest BCUT2D eigenvalue weighted by atomic mass is 10.1. The minimum atomic E-state index is -0.575. The van der Waals surface area contributed by atoms with Crippen LogP contribution in [0.3, 0.4) is 0 Å². The van der Waals surface area contributed by atoms with Gasteiger partial charge >= 0.3 is 5.97 Å². The fourth-order valence-corrected chi connectivity index (χ4v) is 4.27. The fourth-order valence-electron chi connectivity index (χ4n) is 3.33. The van der Waals surface area contributed by atoms with Crippen molar-refractivity contribution in [2.45, 2.75) is 13.0 Å². The highest BCUT2D eigenvalue weighted by atomic mass is 35.5. The summed E-state index contributed by atoms with van der Waals surface area (Å²) in [5, 5.41) is 5.89. The van der Waals surface area contributed by atoms with Crippen LogP contribution in [0.25, 0.3) is 0 Å². The summed E-state index contributed by atoms with van der Waals surface area (Å²) < 4.78 is 10.8. The van der Waals surface area contributed by atoms with E-state index in [0.717, 1.165) is 21.9 Å². The van der Waals surface area contributed by atoms with Crippen LogP contribution in [0.5, 0.6) is 5.75 Å². The molecule has 1 N–H and O–H groups in total. The third kappa shape index (κ3) is 5.81. The molecular weight excluding hydrogens is 472 g/mol. The van der Waals surface area contributed by atoms with Crippen molar-refractivity contribution in [2.75, 3.05) is 12.4 Å². The van der Waals surface area contributed by atoms with E-state index in [1.54, 1.807) is 35.7 Å². The van der Waals surface area contributed by atoms with E-state index in [1.165, 1.54) is 18.4 Å². The molecule has 0 radical (unpaired) electrons. The number of anilines is 1. The second kappa shape index (κ2) is 11.0. The Morgan fingerprint density at radius 3 is 2.50 bits per heavy atom. The second-order valence-corrected chi connectivity index (χ2v) is 8.70. The number of methoxy groups -OCH3 is 1. The molecule has 0 aliphatic carbocycles. The minimum Gasteiger partial charge on any atom is -0.489 e. The summed E-state index contributed by atoms with van der Waals surface area (Å²) in [5.41, 5.74) is 2.37. The highest BCUT2D eigenvalue weighted by molar-refractivity contribution is 7.10. The summed E-state index contributed by atoms with van der Waals surface area (Å²) in [5.74, 6) is 0.112. The van der Waals surface area contributed by atoms with E-state index in [0.29, 0.717) is 23.9 Å². The summed E-state index contributed by atoms with van der Waals surface area (Å²) in [4.78, 5) is 29.2. The van der Waals surface area contributed by atoms with Crippen molar-refractivity contribution in [3.05, 3.63) is 110 Å². The maximum atomic E-state index is 12.7. The molecule has 0 aliphatic heterocycles. The van der Waals surface area contributed by atoms with Crippen LogP contribution >= 0.6 is 22.9 Å². The molecule has 34 heavy (non-hydrogen) atoms. The molecule has 8 heteroatoms. The van der Waals surface area contributed by atoms with Gasteiger partial charge in [0.2, 0.25) is 0 Å². The number of aromatic nitrogens is 1. The van der Waals surface area contributed by atoms with Crippen LogP contribution in [-0.2, 0) is 17.8 Å². The maximum absolute atomic E-state index is 12.7. The molecule has 6 nitrogen and oxygen atoms in total. The van der Waals surface area contributed by atoms with Crippen LogP contribution < -0.4 is 10.1 Å². The lowest BCUT2D eigenvalue weighted by molar-refractivity contribution is 0.0597. The normalized spacial score (nSPS) is 10.5. The van der Waals surface area contributed by atoms with Crippen LogP contribution in [0.15, 0.2) is 78.2 Å². The van der Waals surface area contributed by atoms with E-state index in [4.69, 9.17) is 21.1 Å². The Kier molecular flexibility index (Phi) is 7.57. The molecule has 3 aromatic carbocycles. The quantitative estimate of drug-likeness (QED) is 0.305. The van der Waals surface area contributed by atoms with E-state index < -0.39 is 11.9 Å². The number of esters is 1. The number of carbonyl (C=O) groups is 2. The minimum absolute atomic E-state index is 0.192. The standard InChI is InChI=1S/C26H21ClN2O4S/c1-32-26(31)21-10-6-5-9-20(21)25(30)29-23-16-34-24(28-23)14-18-13-19(27)11-12-22(18)33-15-17-7-3-2-4-8-17/h2-13,16H,14-15H2,1H3,(H,29,30). The molecule has 4 rings (SSSR count). The van der Waals surface area contributed by atoms with E-state index >= 15 is 0 Å². The molecule has 0 saturated carbocycles. The molecule has 1 heterocycles. The predicted octanol–water partition coefficient (Wildman–Crippen LogP) is 6.01. The van der Waals surface area contributed by atoms with Crippen molar-refractivity contribution in [3.63, 3.8) is 0 Å². The molecular formula is C26H21ClN2O4S. The molecule has 4 aromatic rings. The number of nitrogens with zero attached hydrogens (tertiary/aromatic N) is 1. The monoisotopic (exact) mass is 492 g/mol. The second-order valence-electron chi connectivity index (χ2n) is 7.32. The van der Waals surface area contributed by atoms with Crippen LogP contribution in [0.4, 0.5) is 5.82 Å². The van der Waals surface area contributed by atoms with Crippen molar-refractivity contribution in [1.82, 2.24) is 4.98 Å². The molecule has 1 aromatic heterocycles. The van der Waals surface area contributed by atoms with Crippen LogP contribution in [0.1, 0.15) is 36.9 Å². The summed E-state index contributed by atoms with van der Waals surface area (Å²) in [6, 6.07) is 21.9. The number of rotatable bonds is 8. The predicted molar refractivity (Wildman–Crippen MR) is 133 cm³/mol. The van der Waals surface area contributed by atoms with E-state index in [9.17, 15) is 9.59 Å². The zero-order valence-electron chi connectivity index (χ0n) is 18.3. The van der Waals surface area contributed by atoms with Crippen LogP contribution in [0.2, 0.25) is 5.02 Å². The SMILES string of the molecule is COC(=O)c1ccccc1C(=O)Nc1csc(Cc2cc(Cl)ccc2OCc2ccccc2)n1. The summed E-state index contributed by atoms with van der Waals surface area (Å²) in [6.45, 7) is 0.439. The van der Waals surface area contributed by atoms with Gasteiger partial charge in [0, 0.05) is 22.4 Å². The number of carbonyl (C=O) groups excluding carboxylic acids is 2. The Balaban J connectivity index is 1.47. The van der Waals surface area contributed by atoms with E-state index in [1.807, 2.05) is 42.5 Å². The van der Waals surface area contributed by atoms with Gasteiger partial charge in [0.1, 0.15) is 18.2 Å². The molecule has 0 unspecified atom stereocenters. The number of halogens is 1. The first-order chi connectivity index (χ1) is 16.5. The maximum Gasteiger partial charge on any atom is 0.338 e. The Bertz CT molecular complexity index is 1310. The molecule has 0 fully saturated rings. The number of hydrogen-bond donors (Lipinski definition) is 1. The van der Waals surface area contributed by atoms with Gasteiger partial charge in [-0.15, -0.1) is 11.3 Å². The van der Waals surface area contributed by atoms with Gasteiger partial charge in [0.25, 0.3) is 5.91 Å². The van der Waals surface area contributed by atoms with Crippen LogP contribution in [0, 0.1) is 0 Å². The molecule has 172 valence electrons. The van der Waals surface area contributed by atoms with Crippen molar-refractivity contribution < 1.29 is 19.1 Å². The third-order valence-electron chi connectivity index (χ3n) is 4.97. The number of thiazole rings is 1. The zero-order chi connectivity index (χ0) is 23.9. The first-order valence-electron chi connectivity index (χ1n) is 10.4. The number of nitrogens with one attached hydrogen (secondary N) is 1. The molecule has 0 spiro atoms. The Hall–Kier alpha value is -3.68. The Morgan fingerprint density at radius 1 is 1.00 bits per heavy atom. The van der Waals surface area contributed by atoms with Crippen LogP contribution in [-0.4, -0.2) is 24.0 Å². The van der Waals surface area contributed by atoms with E-state index in [-0.39, 0.29) is 11.1 Å². The van der Waals surface area contributed by atoms with Crippen molar-refractivity contribution in [3.8, 4) is 5.75 Å². The summed E-state index contributed by atoms with van der Waals surface area (Å²) in [7, 11) is 1.28. The van der Waals surface area contributed by atoms with E-state index in [2.05, 4.69) is 10.3 Å². The van der Waals surface area contributed by atoms with Gasteiger partial charge in [-0.1, -0.05) is 54.1 Å². The number of ether oxygens (including phenoxy) is 2. The lowest BCUT2D eigenvalue weighted by Crippen LogP contribution is -2.17. The molecule has 0 bridgehead atoms. The van der Waals surface area contributed by atoms with Gasteiger partial charge in [0.15, 0.2) is 0 Å². The molecule has 0 atom stereocenters. The third-order valence-corrected chi connectivity index (χ3v) is 6.06. The van der Waals surface area contributed by atoms with Gasteiger partial charge in [-0.05, 0) is 35.9 Å². The molecule has 0 saturated heterocycles. The first kappa shape index (κ1) is 23.5. The Morgan fingerprint density at radius 2 is 1.74 bits per heavy atom. The fraction of sp³-hybridized carbons (Fsp3) is 0.115. The number of benzene rings is 3. The Labute approximate surface area is 206 Å².